The molecule has 3 atom stereocenters. The summed E-state index contributed by atoms with van der Waals surface area (Å²) in [6, 6.07) is 10.1. The quantitative estimate of drug-likeness (QED) is 0.621. The van der Waals surface area contributed by atoms with Crippen molar-refractivity contribution in [2.24, 2.45) is 0 Å². The summed E-state index contributed by atoms with van der Waals surface area (Å²) in [4.78, 5) is 4.37. The number of pyridine rings is 1. The van der Waals surface area contributed by atoms with Crippen LogP contribution in [-0.2, 0) is 0 Å². The fraction of sp³-hybridized carbons (Fsp3) is 0.409. The molecule has 27 heavy (non-hydrogen) atoms. The zero-order valence-electron chi connectivity index (χ0n) is 16.7. The van der Waals surface area contributed by atoms with E-state index >= 15 is 0 Å². The fourth-order valence-corrected chi connectivity index (χ4v) is 4.01. The van der Waals surface area contributed by atoms with Crippen LogP contribution < -0.4 is 10.1 Å². The highest BCUT2D eigenvalue weighted by atomic mass is 28.3. The molecule has 2 heterocycles. The molecule has 0 saturated carbocycles. The van der Waals surface area contributed by atoms with Gasteiger partial charge in [-0.05, 0) is 36.2 Å². The number of hydrogen-bond acceptors (Lipinski definition) is 4. The molecule has 0 saturated heterocycles. The van der Waals surface area contributed by atoms with Crippen LogP contribution in [0.2, 0.25) is 19.6 Å². The normalized spacial score (nSPS) is 19.5. The number of aliphatic hydroxyl groups is 1. The monoisotopic (exact) mass is 380 g/mol. The van der Waals surface area contributed by atoms with Crippen LogP contribution in [0.4, 0.5) is 5.69 Å². The minimum atomic E-state index is -1.45. The van der Waals surface area contributed by atoms with Crippen LogP contribution in [0.5, 0.6) is 5.88 Å². The maximum absolute atomic E-state index is 10.7. The Bertz CT molecular complexity index is 880. The summed E-state index contributed by atoms with van der Waals surface area (Å²) in [5.74, 6) is 3.91. The number of fused-ring (bicyclic) bond motifs is 1. The number of anilines is 1. The van der Waals surface area contributed by atoms with E-state index in [2.05, 4.69) is 59.6 Å². The molecule has 0 fully saturated rings. The van der Waals surface area contributed by atoms with Gasteiger partial charge in [0.1, 0.15) is 8.07 Å². The molecule has 2 aromatic rings. The van der Waals surface area contributed by atoms with Gasteiger partial charge in [-0.1, -0.05) is 38.6 Å². The first-order chi connectivity index (χ1) is 12.8. The van der Waals surface area contributed by atoms with Gasteiger partial charge in [-0.25, -0.2) is 4.98 Å². The molecule has 1 aliphatic heterocycles. The van der Waals surface area contributed by atoms with Crippen molar-refractivity contribution in [1.29, 1.82) is 0 Å². The number of aromatic nitrogens is 1. The van der Waals surface area contributed by atoms with Gasteiger partial charge in [0.2, 0.25) is 5.88 Å². The molecular formula is C22H28N2O2Si. The highest BCUT2D eigenvalue weighted by molar-refractivity contribution is 6.83. The number of benzene rings is 1. The molecule has 5 heteroatoms. The molecule has 1 aromatic carbocycles. The third-order valence-electron chi connectivity index (χ3n) is 4.81. The predicted octanol–water partition coefficient (Wildman–Crippen LogP) is 4.02. The van der Waals surface area contributed by atoms with E-state index in [9.17, 15) is 5.11 Å². The number of aliphatic hydroxyl groups excluding tert-OH is 1. The van der Waals surface area contributed by atoms with Crippen molar-refractivity contribution in [2.75, 3.05) is 12.4 Å². The van der Waals surface area contributed by atoms with Gasteiger partial charge in [0, 0.05) is 28.9 Å². The Balaban J connectivity index is 2.10. The van der Waals surface area contributed by atoms with Gasteiger partial charge in [-0.2, -0.15) is 0 Å². The zero-order valence-corrected chi connectivity index (χ0v) is 17.7. The number of ether oxygens (including phenoxy) is 1. The minimum absolute atomic E-state index is 0.0350. The number of rotatable bonds is 4. The summed E-state index contributed by atoms with van der Waals surface area (Å²) in [7, 11) is 0.190. The topological polar surface area (TPSA) is 54.4 Å². The van der Waals surface area contributed by atoms with Crippen LogP contribution in [0.1, 0.15) is 36.0 Å². The van der Waals surface area contributed by atoms with Crippen LogP contribution in [0, 0.1) is 11.5 Å². The Morgan fingerprint density at radius 2 is 2.04 bits per heavy atom. The van der Waals surface area contributed by atoms with Crippen LogP contribution in [0.3, 0.4) is 0 Å². The van der Waals surface area contributed by atoms with Gasteiger partial charge in [-0.3, -0.25) is 0 Å². The van der Waals surface area contributed by atoms with Gasteiger partial charge >= 0.3 is 0 Å². The molecule has 0 radical (unpaired) electrons. The Kier molecular flexibility index (Phi) is 5.59. The van der Waals surface area contributed by atoms with E-state index < -0.39 is 14.2 Å². The maximum atomic E-state index is 10.7. The summed E-state index contributed by atoms with van der Waals surface area (Å²) < 4.78 is 5.51. The standard InChI is InChI=1S/C22H28N2O2Si/c1-6-19(25)21-20(16-8-7-12-23-22(16)26-2)17-14-15(9-10-18(17)24-21)11-13-27(3,4)5/h7-10,12,14,19-21,24-25H,6H2,1-5H3. The first-order valence-electron chi connectivity index (χ1n) is 9.44. The third kappa shape index (κ3) is 4.18. The Hall–Kier alpha value is -2.29. The first kappa shape index (κ1) is 19.5. The minimum Gasteiger partial charge on any atom is -0.481 e. The molecule has 3 rings (SSSR count). The van der Waals surface area contributed by atoms with Crippen LogP contribution in [-0.4, -0.2) is 37.4 Å². The van der Waals surface area contributed by atoms with Crippen LogP contribution in [0.15, 0.2) is 36.5 Å². The summed E-state index contributed by atoms with van der Waals surface area (Å²) in [6.45, 7) is 8.72. The van der Waals surface area contributed by atoms with E-state index in [0.29, 0.717) is 12.3 Å². The van der Waals surface area contributed by atoms with E-state index in [0.717, 1.165) is 22.4 Å². The average Bonchev–Trinajstić information content (AvgIpc) is 3.03. The van der Waals surface area contributed by atoms with Crippen molar-refractivity contribution < 1.29 is 9.84 Å². The van der Waals surface area contributed by atoms with Crippen LogP contribution in [0.25, 0.3) is 0 Å². The first-order valence-corrected chi connectivity index (χ1v) is 12.9. The largest absolute Gasteiger partial charge is 0.481 e. The smallest absolute Gasteiger partial charge is 0.216 e. The lowest BCUT2D eigenvalue weighted by atomic mass is 9.85. The Labute approximate surface area is 163 Å². The van der Waals surface area contributed by atoms with E-state index in [1.165, 1.54) is 0 Å². The molecule has 3 unspecified atom stereocenters. The molecule has 0 aliphatic carbocycles. The highest BCUT2D eigenvalue weighted by Crippen LogP contribution is 2.44. The Morgan fingerprint density at radius 1 is 1.26 bits per heavy atom. The molecule has 1 aromatic heterocycles. The van der Waals surface area contributed by atoms with E-state index in [1.54, 1.807) is 13.3 Å². The Morgan fingerprint density at radius 3 is 2.70 bits per heavy atom. The van der Waals surface area contributed by atoms with E-state index in [-0.39, 0.29) is 12.0 Å². The second kappa shape index (κ2) is 7.75. The molecule has 0 amide bonds. The molecule has 142 valence electrons. The molecule has 1 aliphatic rings. The van der Waals surface area contributed by atoms with Crippen molar-refractivity contribution in [3.63, 3.8) is 0 Å². The highest BCUT2D eigenvalue weighted by Gasteiger charge is 2.39. The number of nitrogens with one attached hydrogen (secondary N) is 1. The van der Waals surface area contributed by atoms with Gasteiger partial charge < -0.3 is 15.2 Å². The van der Waals surface area contributed by atoms with Crippen molar-refractivity contribution >= 4 is 13.8 Å². The van der Waals surface area contributed by atoms with Crippen molar-refractivity contribution in [2.45, 2.75) is 51.0 Å². The van der Waals surface area contributed by atoms with Crippen molar-refractivity contribution in [1.82, 2.24) is 4.98 Å². The molecular weight excluding hydrogens is 352 g/mol. The summed E-state index contributed by atoms with van der Waals surface area (Å²) in [5, 5.41) is 14.2. The predicted molar refractivity (Wildman–Crippen MR) is 113 cm³/mol. The number of hydrogen-bond donors (Lipinski definition) is 2. The fourth-order valence-electron chi connectivity index (χ4n) is 3.49. The van der Waals surface area contributed by atoms with Gasteiger partial charge in [0.15, 0.2) is 0 Å². The zero-order chi connectivity index (χ0) is 19.6. The van der Waals surface area contributed by atoms with E-state index in [1.807, 2.05) is 19.1 Å². The maximum Gasteiger partial charge on any atom is 0.216 e. The van der Waals surface area contributed by atoms with Gasteiger partial charge in [0.25, 0.3) is 0 Å². The number of methoxy groups -OCH3 is 1. The lowest BCUT2D eigenvalue weighted by Gasteiger charge is -2.25. The molecule has 2 N–H and O–H groups in total. The second-order valence-corrected chi connectivity index (χ2v) is 12.8. The molecule has 0 bridgehead atoms. The summed E-state index contributed by atoms with van der Waals surface area (Å²) in [6.07, 6.45) is 1.93. The van der Waals surface area contributed by atoms with Crippen molar-refractivity contribution in [3.05, 3.63) is 53.2 Å². The average molecular weight is 381 g/mol. The molecule has 0 spiro atoms. The third-order valence-corrected chi connectivity index (χ3v) is 5.69. The summed E-state index contributed by atoms with van der Waals surface area (Å²) in [5.41, 5.74) is 7.61. The number of nitrogens with zero attached hydrogens (tertiary/aromatic N) is 1. The second-order valence-electron chi connectivity index (χ2n) is 8.03. The summed E-state index contributed by atoms with van der Waals surface area (Å²) >= 11 is 0. The van der Waals surface area contributed by atoms with Gasteiger partial charge in [0.05, 0.1) is 19.3 Å². The van der Waals surface area contributed by atoms with Crippen molar-refractivity contribution in [3.8, 4) is 17.3 Å². The van der Waals surface area contributed by atoms with Gasteiger partial charge in [-0.15, -0.1) is 5.54 Å². The molecule has 4 nitrogen and oxygen atoms in total. The van der Waals surface area contributed by atoms with E-state index in [4.69, 9.17) is 4.74 Å². The van der Waals surface area contributed by atoms with Crippen LogP contribution >= 0.6 is 0 Å². The lowest BCUT2D eigenvalue weighted by molar-refractivity contribution is 0.144. The SMILES string of the molecule is CCC(O)C1Nc2ccc(C#C[Si](C)(C)C)cc2C1c1cccnc1OC. The lowest BCUT2D eigenvalue weighted by Crippen LogP contribution is -2.34.